The Labute approximate surface area is 105 Å². The normalized spacial score (nSPS) is 18.7. The number of likely N-dealkylation sites (tertiary alicyclic amines) is 1. The van der Waals surface area contributed by atoms with E-state index in [0.717, 1.165) is 5.56 Å². The molecule has 1 atom stereocenters. The first kappa shape index (κ1) is 12.4. The molecule has 5 heteroatoms. The van der Waals surface area contributed by atoms with Crippen molar-refractivity contribution in [3.63, 3.8) is 0 Å². The number of carboxylic acid groups (broad SMARTS) is 1. The Bertz CT molecular complexity index is 432. The van der Waals surface area contributed by atoms with E-state index in [9.17, 15) is 9.59 Å². The van der Waals surface area contributed by atoms with Crippen molar-refractivity contribution in [1.29, 1.82) is 0 Å². The van der Waals surface area contributed by atoms with E-state index < -0.39 is 18.0 Å². The van der Waals surface area contributed by atoms with Gasteiger partial charge in [-0.1, -0.05) is 30.3 Å². The van der Waals surface area contributed by atoms with E-state index in [1.807, 2.05) is 30.3 Å². The summed E-state index contributed by atoms with van der Waals surface area (Å²) in [6.07, 6.45) is 0.0538. The summed E-state index contributed by atoms with van der Waals surface area (Å²) in [6.45, 7) is 0.904. The molecule has 1 heterocycles. The summed E-state index contributed by atoms with van der Waals surface area (Å²) in [7, 11) is 0. The molecule has 18 heavy (non-hydrogen) atoms. The van der Waals surface area contributed by atoms with Crippen LogP contribution >= 0.6 is 0 Å². The van der Waals surface area contributed by atoms with Crippen LogP contribution in [0, 0.1) is 5.92 Å². The second-order valence-electron chi connectivity index (χ2n) is 4.31. The van der Waals surface area contributed by atoms with Crippen molar-refractivity contribution >= 4 is 12.1 Å². The zero-order valence-corrected chi connectivity index (χ0v) is 9.91. The molecule has 0 spiro atoms. The molecule has 0 saturated carbocycles. The van der Waals surface area contributed by atoms with E-state index in [1.165, 1.54) is 4.90 Å². The third kappa shape index (κ3) is 3.00. The van der Waals surface area contributed by atoms with E-state index in [1.54, 1.807) is 0 Å². The van der Waals surface area contributed by atoms with Crippen LogP contribution in [0.5, 0.6) is 0 Å². The molecule has 1 unspecified atom stereocenters. The van der Waals surface area contributed by atoms with Gasteiger partial charge in [-0.3, -0.25) is 4.79 Å². The maximum atomic E-state index is 11.7. The van der Waals surface area contributed by atoms with Gasteiger partial charge in [0, 0.05) is 13.1 Å². The third-order valence-corrected chi connectivity index (χ3v) is 3.00. The number of aliphatic carboxylic acids is 1. The molecule has 1 saturated heterocycles. The minimum Gasteiger partial charge on any atom is -0.481 e. The van der Waals surface area contributed by atoms with Crippen molar-refractivity contribution in [2.24, 2.45) is 5.92 Å². The number of hydrogen-bond acceptors (Lipinski definition) is 3. The molecule has 1 N–H and O–H groups in total. The van der Waals surface area contributed by atoms with Crippen LogP contribution in [-0.4, -0.2) is 35.2 Å². The van der Waals surface area contributed by atoms with Crippen LogP contribution in [0.15, 0.2) is 30.3 Å². The highest BCUT2D eigenvalue weighted by atomic mass is 16.6. The average Bonchev–Trinajstić information content (AvgIpc) is 2.87. The van der Waals surface area contributed by atoms with E-state index in [4.69, 9.17) is 9.84 Å². The molecule has 5 nitrogen and oxygen atoms in total. The highest BCUT2D eigenvalue weighted by Crippen LogP contribution is 2.17. The predicted octanol–water partition coefficient (Wildman–Crippen LogP) is 1.73. The van der Waals surface area contributed by atoms with Crippen molar-refractivity contribution in [2.45, 2.75) is 13.0 Å². The molecular formula is C13H15NO4. The summed E-state index contributed by atoms with van der Waals surface area (Å²) in [5.41, 5.74) is 0.917. The lowest BCUT2D eigenvalue weighted by Gasteiger charge is -2.15. The second kappa shape index (κ2) is 5.53. The molecule has 0 radical (unpaired) electrons. The van der Waals surface area contributed by atoms with E-state index in [-0.39, 0.29) is 13.2 Å². The minimum atomic E-state index is -0.853. The number of carbonyl (C=O) groups is 2. The van der Waals surface area contributed by atoms with Crippen LogP contribution < -0.4 is 0 Å². The zero-order chi connectivity index (χ0) is 13.0. The van der Waals surface area contributed by atoms with E-state index in [0.29, 0.717) is 13.0 Å². The summed E-state index contributed by atoms with van der Waals surface area (Å²) < 4.78 is 5.13. The Balaban J connectivity index is 1.81. The molecule has 0 bridgehead atoms. The average molecular weight is 249 g/mol. The maximum absolute atomic E-state index is 11.7. The maximum Gasteiger partial charge on any atom is 0.410 e. The van der Waals surface area contributed by atoms with Gasteiger partial charge >= 0.3 is 12.1 Å². The number of ether oxygens (including phenoxy) is 1. The Morgan fingerprint density at radius 3 is 2.67 bits per heavy atom. The summed E-state index contributed by atoms with van der Waals surface area (Å²) >= 11 is 0. The second-order valence-corrected chi connectivity index (χ2v) is 4.31. The summed E-state index contributed by atoms with van der Waals surface area (Å²) in [5.74, 6) is -1.32. The van der Waals surface area contributed by atoms with Crippen LogP contribution in [0.3, 0.4) is 0 Å². The highest BCUT2D eigenvalue weighted by molar-refractivity contribution is 5.74. The lowest BCUT2D eigenvalue weighted by Crippen LogP contribution is -2.30. The lowest BCUT2D eigenvalue weighted by atomic mass is 10.1. The monoisotopic (exact) mass is 249 g/mol. The first-order chi connectivity index (χ1) is 8.66. The van der Waals surface area contributed by atoms with Crippen LogP contribution in [0.4, 0.5) is 4.79 Å². The van der Waals surface area contributed by atoms with Crippen LogP contribution in [-0.2, 0) is 16.1 Å². The number of carbonyl (C=O) groups excluding carboxylic acids is 1. The molecule has 1 aliphatic heterocycles. The molecular weight excluding hydrogens is 234 g/mol. The summed E-state index contributed by atoms with van der Waals surface area (Å²) in [4.78, 5) is 23.9. The number of carboxylic acids is 1. The van der Waals surface area contributed by atoms with Crippen LogP contribution in [0.25, 0.3) is 0 Å². The van der Waals surface area contributed by atoms with Crippen molar-refractivity contribution < 1.29 is 19.4 Å². The minimum absolute atomic E-state index is 0.216. The molecule has 1 amide bonds. The third-order valence-electron chi connectivity index (χ3n) is 3.00. The quantitative estimate of drug-likeness (QED) is 0.885. The Morgan fingerprint density at radius 2 is 2.06 bits per heavy atom. The van der Waals surface area contributed by atoms with Crippen molar-refractivity contribution in [1.82, 2.24) is 4.90 Å². The number of hydrogen-bond donors (Lipinski definition) is 1. The van der Waals surface area contributed by atoms with Gasteiger partial charge in [-0.25, -0.2) is 4.79 Å². The Kier molecular flexibility index (Phi) is 3.82. The van der Waals surface area contributed by atoms with Crippen molar-refractivity contribution in [3.05, 3.63) is 35.9 Å². The molecule has 2 rings (SSSR count). The van der Waals surface area contributed by atoms with Gasteiger partial charge in [0.25, 0.3) is 0 Å². The Morgan fingerprint density at radius 1 is 1.33 bits per heavy atom. The number of nitrogens with zero attached hydrogens (tertiary/aromatic N) is 1. The fourth-order valence-electron chi connectivity index (χ4n) is 1.94. The fraction of sp³-hybridized carbons (Fsp3) is 0.385. The SMILES string of the molecule is O=C(O)C1CCN(C(=O)OCc2ccccc2)C1. The molecule has 1 aromatic rings. The van der Waals surface area contributed by atoms with Crippen LogP contribution in [0.2, 0.25) is 0 Å². The van der Waals surface area contributed by atoms with E-state index in [2.05, 4.69) is 0 Å². The summed E-state index contributed by atoms with van der Waals surface area (Å²) in [5, 5.41) is 8.84. The summed E-state index contributed by atoms with van der Waals surface area (Å²) in [6, 6.07) is 9.39. The lowest BCUT2D eigenvalue weighted by molar-refractivity contribution is -0.141. The molecule has 96 valence electrons. The number of benzene rings is 1. The first-order valence-corrected chi connectivity index (χ1v) is 5.85. The van der Waals surface area contributed by atoms with Crippen molar-refractivity contribution in [2.75, 3.05) is 13.1 Å². The number of rotatable bonds is 3. The first-order valence-electron chi connectivity index (χ1n) is 5.85. The topological polar surface area (TPSA) is 66.8 Å². The molecule has 0 aromatic heterocycles. The fourth-order valence-corrected chi connectivity index (χ4v) is 1.94. The molecule has 1 fully saturated rings. The van der Waals surface area contributed by atoms with Crippen molar-refractivity contribution in [3.8, 4) is 0 Å². The van der Waals surface area contributed by atoms with Gasteiger partial charge in [0.05, 0.1) is 5.92 Å². The van der Waals surface area contributed by atoms with Gasteiger partial charge in [-0.2, -0.15) is 0 Å². The van der Waals surface area contributed by atoms with E-state index >= 15 is 0 Å². The van der Waals surface area contributed by atoms with Gasteiger partial charge < -0.3 is 14.7 Å². The molecule has 1 aliphatic rings. The van der Waals surface area contributed by atoms with Gasteiger partial charge in [-0.05, 0) is 12.0 Å². The highest BCUT2D eigenvalue weighted by Gasteiger charge is 2.31. The van der Waals surface area contributed by atoms with Gasteiger partial charge in [0.15, 0.2) is 0 Å². The number of amides is 1. The smallest absolute Gasteiger partial charge is 0.410 e. The van der Waals surface area contributed by atoms with Crippen LogP contribution in [0.1, 0.15) is 12.0 Å². The Hall–Kier alpha value is -2.04. The zero-order valence-electron chi connectivity index (χ0n) is 9.91. The van der Waals surface area contributed by atoms with Gasteiger partial charge in [0.1, 0.15) is 6.61 Å². The van der Waals surface area contributed by atoms with Gasteiger partial charge in [0.2, 0.25) is 0 Å². The van der Waals surface area contributed by atoms with Gasteiger partial charge in [-0.15, -0.1) is 0 Å². The predicted molar refractivity (Wildman–Crippen MR) is 63.9 cm³/mol. The standard InChI is InChI=1S/C13H15NO4/c15-12(16)11-6-7-14(8-11)13(17)18-9-10-4-2-1-3-5-10/h1-5,11H,6-9H2,(H,15,16). The molecule has 1 aromatic carbocycles. The largest absolute Gasteiger partial charge is 0.481 e. The molecule has 0 aliphatic carbocycles.